The van der Waals surface area contributed by atoms with Crippen LogP contribution in [0.2, 0.25) is 0 Å². The van der Waals surface area contributed by atoms with Crippen LogP contribution in [0.25, 0.3) is 0 Å². The Morgan fingerprint density at radius 2 is 1.82 bits per heavy atom. The van der Waals surface area contributed by atoms with E-state index >= 15 is 0 Å². The van der Waals surface area contributed by atoms with E-state index in [1.807, 2.05) is 25.1 Å². The van der Waals surface area contributed by atoms with Gasteiger partial charge < -0.3 is 46.1 Å². The van der Waals surface area contributed by atoms with E-state index in [-0.39, 0.29) is 85.8 Å². The normalized spacial score (nSPS) is 27.4. The number of phenols is 2. The summed E-state index contributed by atoms with van der Waals surface area (Å²) in [5.74, 6) is 7.15. The second kappa shape index (κ2) is 22.6. The van der Waals surface area contributed by atoms with Gasteiger partial charge in [-0.1, -0.05) is 86.9 Å². The second-order valence-corrected chi connectivity index (χ2v) is 22.5. The van der Waals surface area contributed by atoms with Gasteiger partial charge in [-0.25, -0.2) is 4.99 Å². The van der Waals surface area contributed by atoms with Crippen LogP contribution in [0, 0.1) is 40.9 Å². The van der Waals surface area contributed by atoms with Gasteiger partial charge in [0, 0.05) is 60.9 Å². The number of aliphatic hydroxyl groups excluding tert-OH is 3. The van der Waals surface area contributed by atoms with Crippen LogP contribution < -0.4 is 15.8 Å². The number of hydrogen-bond acceptors (Lipinski definition) is 11. The van der Waals surface area contributed by atoms with Gasteiger partial charge in [-0.3, -0.25) is 4.79 Å². The zero-order chi connectivity index (χ0) is 50.6. The Balaban J connectivity index is 1.28. The SMILES string of the molecule is CC[C@@H](CCO)/C(=C/C(=O)CCc1cc(OC2CCCC2)c(O)c2c1C#CC[C@H]1C[C@]3(CO)C=C4[C@@H](C[C@@H](C)C[C@@H]4[C@H]2[C@H]3COC)c2cc(O)cc(c2)Cc2cccc(c2)C2(CCCCC2)NC(N)=N1)CO. The number of nitrogens with one attached hydrogen (secondary N) is 1. The molecular formula is C61H79N3O8. The molecule has 8 bridgehead atoms. The number of aliphatic imine (C=N–C) groups is 1. The number of ketones is 1. The van der Waals surface area contributed by atoms with E-state index in [0.29, 0.717) is 66.9 Å². The Hall–Kier alpha value is -5.12. The number of hydrogen-bond donors (Lipinski definition) is 7. The van der Waals surface area contributed by atoms with Crippen molar-refractivity contribution >= 4 is 11.7 Å². The molecule has 8 atom stereocenters. The number of ether oxygens (including phenoxy) is 2. The molecule has 386 valence electrons. The average Bonchev–Trinajstić information content (AvgIpc) is 3.89. The monoisotopic (exact) mass is 982 g/mol. The molecule has 0 aromatic heterocycles. The number of benzene rings is 3. The summed E-state index contributed by atoms with van der Waals surface area (Å²) in [5.41, 5.74) is 14.1. The molecule has 3 aromatic carbocycles. The van der Waals surface area contributed by atoms with Gasteiger partial charge in [0.2, 0.25) is 0 Å². The zero-order valence-electron chi connectivity index (χ0n) is 42.9. The Morgan fingerprint density at radius 3 is 2.56 bits per heavy atom. The summed E-state index contributed by atoms with van der Waals surface area (Å²) < 4.78 is 13.1. The predicted octanol–water partition coefficient (Wildman–Crippen LogP) is 9.53. The number of nitrogens with zero attached hydrogens (tertiary/aromatic N) is 1. The van der Waals surface area contributed by atoms with E-state index < -0.39 is 22.9 Å². The molecule has 3 fully saturated rings. The van der Waals surface area contributed by atoms with Gasteiger partial charge in [0.05, 0.1) is 37.5 Å². The first kappa shape index (κ1) is 51.8. The third-order valence-electron chi connectivity index (χ3n) is 17.7. The highest BCUT2D eigenvalue weighted by atomic mass is 16.5. The lowest BCUT2D eigenvalue weighted by Crippen LogP contribution is -2.51. The third-order valence-corrected chi connectivity index (χ3v) is 17.7. The van der Waals surface area contributed by atoms with Gasteiger partial charge in [-0.15, -0.1) is 0 Å². The minimum absolute atomic E-state index is 0.0361. The number of nitrogens with two attached hydrogens (primary N) is 1. The van der Waals surface area contributed by atoms with E-state index in [2.05, 4.69) is 60.5 Å². The van der Waals surface area contributed by atoms with Crippen LogP contribution in [-0.2, 0) is 27.9 Å². The molecule has 9 rings (SSSR count). The number of aromatic hydroxyl groups is 2. The van der Waals surface area contributed by atoms with E-state index in [4.69, 9.17) is 20.2 Å². The van der Waals surface area contributed by atoms with Crippen LogP contribution in [0.3, 0.4) is 0 Å². The Kier molecular flexibility index (Phi) is 16.2. The van der Waals surface area contributed by atoms with Crippen molar-refractivity contribution in [2.24, 2.45) is 39.8 Å². The molecule has 1 aliphatic heterocycles. The molecule has 0 radical (unpaired) electrons. The molecule has 5 aliphatic carbocycles. The van der Waals surface area contributed by atoms with Crippen molar-refractivity contribution in [3.8, 4) is 29.1 Å². The molecule has 11 heteroatoms. The first-order chi connectivity index (χ1) is 34.9. The van der Waals surface area contributed by atoms with Gasteiger partial charge in [0.1, 0.15) is 5.75 Å². The molecule has 0 saturated heterocycles. The number of methoxy groups -OCH3 is 1. The minimum Gasteiger partial charge on any atom is -0.508 e. The largest absolute Gasteiger partial charge is 0.508 e. The van der Waals surface area contributed by atoms with E-state index in [0.717, 1.165) is 92.9 Å². The van der Waals surface area contributed by atoms with Crippen LogP contribution in [-0.4, -0.2) is 83.0 Å². The van der Waals surface area contributed by atoms with Gasteiger partial charge in [-0.05, 0) is 159 Å². The maximum Gasteiger partial charge on any atom is 0.189 e. The first-order valence-corrected chi connectivity index (χ1v) is 27.3. The van der Waals surface area contributed by atoms with Crippen molar-refractivity contribution < 1.29 is 39.8 Å². The Bertz CT molecular complexity index is 2600. The molecule has 1 spiro atoms. The number of aliphatic hydroxyl groups is 3. The minimum atomic E-state index is -0.917. The Morgan fingerprint density at radius 1 is 1.01 bits per heavy atom. The number of carbonyl (C=O) groups excluding carboxylic acids is 1. The number of allylic oxidation sites excluding steroid dienone is 2. The van der Waals surface area contributed by atoms with Gasteiger partial charge >= 0.3 is 0 Å². The summed E-state index contributed by atoms with van der Waals surface area (Å²) in [6.45, 7) is 4.05. The number of phenolic OH excluding ortho intramolecular Hbond substituents is 2. The fourth-order valence-electron chi connectivity index (χ4n) is 14.2. The van der Waals surface area contributed by atoms with Gasteiger partial charge in [-0.2, -0.15) is 0 Å². The Labute approximate surface area is 427 Å². The topological polar surface area (TPSA) is 187 Å². The predicted molar refractivity (Wildman–Crippen MR) is 282 cm³/mol. The molecule has 11 nitrogen and oxygen atoms in total. The lowest BCUT2D eigenvalue weighted by molar-refractivity contribution is -0.114. The van der Waals surface area contributed by atoms with E-state index in [1.54, 1.807) is 13.2 Å². The van der Waals surface area contributed by atoms with Crippen LogP contribution >= 0.6 is 0 Å². The molecule has 3 saturated carbocycles. The summed E-state index contributed by atoms with van der Waals surface area (Å²) in [5, 5.41) is 60.9. The number of aryl methyl sites for hydroxylation is 1. The van der Waals surface area contributed by atoms with Crippen molar-refractivity contribution in [2.45, 2.75) is 159 Å². The van der Waals surface area contributed by atoms with Crippen molar-refractivity contribution in [3.63, 3.8) is 0 Å². The lowest BCUT2D eigenvalue weighted by atomic mass is 9.51. The second-order valence-electron chi connectivity index (χ2n) is 22.5. The lowest BCUT2D eigenvalue weighted by Gasteiger charge is -2.54. The van der Waals surface area contributed by atoms with E-state index in [1.165, 1.54) is 11.1 Å². The van der Waals surface area contributed by atoms with Crippen LogP contribution in [0.4, 0.5) is 0 Å². The highest BCUT2D eigenvalue weighted by Crippen LogP contribution is 2.62. The first-order valence-electron chi connectivity index (χ1n) is 27.3. The highest BCUT2D eigenvalue weighted by Gasteiger charge is 2.54. The smallest absolute Gasteiger partial charge is 0.189 e. The van der Waals surface area contributed by atoms with Crippen molar-refractivity contribution in [1.29, 1.82) is 0 Å². The third kappa shape index (κ3) is 10.8. The number of guanidine groups is 1. The van der Waals surface area contributed by atoms with Gasteiger partial charge in [0.25, 0.3) is 0 Å². The van der Waals surface area contributed by atoms with Crippen molar-refractivity contribution in [3.05, 3.63) is 111 Å². The molecular weight excluding hydrogens is 903 g/mol. The number of fused-ring (bicyclic) bond motifs is 11. The molecule has 0 unspecified atom stereocenters. The molecule has 3 aromatic rings. The molecule has 1 heterocycles. The summed E-state index contributed by atoms with van der Waals surface area (Å²) in [4.78, 5) is 19.4. The maximum atomic E-state index is 14.0. The molecule has 72 heavy (non-hydrogen) atoms. The van der Waals surface area contributed by atoms with Gasteiger partial charge in [0.15, 0.2) is 23.2 Å². The zero-order valence-corrected chi connectivity index (χ0v) is 42.9. The fraction of sp³-hybridized carbons (Fsp3) is 0.574. The number of rotatable bonds is 14. The molecule has 6 aliphatic rings. The summed E-state index contributed by atoms with van der Waals surface area (Å²) in [6.07, 6.45) is 17.3. The summed E-state index contributed by atoms with van der Waals surface area (Å²) in [6, 6.07) is 16.3. The van der Waals surface area contributed by atoms with Crippen molar-refractivity contribution in [1.82, 2.24) is 5.32 Å². The van der Waals surface area contributed by atoms with Crippen LogP contribution in [0.15, 0.2) is 76.8 Å². The fourth-order valence-corrected chi connectivity index (χ4v) is 14.2. The quantitative estimate of drug-likeness (QED) is 0.0466. The molecule has 8 N–H and O–H groups in total. The van der Waals surface area contributed by atoms with Crippen LogP contribution in [0.5, 0.6) is 17.2 Å². The highest BCUT2D eigenvalue weighted by molar-refractivity contribution is 5.90. The standard InChI is InChI=1S/C61H79N3O8/c1-4-41(20-23-65)44(35-66)31-47(68)19-18-42-32-55(72-49-15-6-7-16-49)58(70)57-50(42)17-11-14-46-33-60(37-67)34-53-51(24-38(2)25-52(53)56(57)54(60)36-71-3)43-27-40(29-48(69)30-43)26-39-12-10-13-45(28-39)61(64-59(62)63-46)21-8-5-9-22-61/h10,12-13,27-32,34,38,41,46,49,51-52,54,56,65-67,69-70H,4-9,14-16,18-26,33,35-37H2,1-3H3,(H3,62,63,64)/b44-31+/t38-,41+,46+,51+,52+,54-,56+,60-/m1/s1. The summed E-state index contributed by atoms with van der Waals surface area (Å²) in [7, 11) is 1.71. The molecule has 0 amide bonds. The van der Waals surface area contributed by atoms with Crippen molar-refractivity contribution in [2.75, 3.05) is 33.5 Å². The average molecular weight is 982 g/mol. The summed E-state index contributed by atoms with van der Waals surface area (Å²) >= 11 is 0. The van der Waals surface area contributed by atoms with E-state index in [9.17, 15) is 30.3 Å². The maximum absolute atomic E-state index is 14.0. The van der Waals surface area contributed by atoms with Crippen LogP contribution in [0.1, 0.15) is 167 Å². The number of carbonyl (C=O) groups is 1.